The lowest BCUT2D eigenvalue weighted by Gasteiger charge is -2.29. The SMILES string of the molecule is C[C@@H](NC(=O)C(C)(C)c1cccc(F)c1)c1ccc(N2CCOCC2)cc1. The molecule has 5 heteroatoms. The number of hydrogen-bond acceptors (Lipinski definition) is 3. The number of halogens is 1. The Morgan fingerprint density at radius 2 is 1.81 bits per heavy atom. The lowest BCUT2D eigenvalue weighted by Crippen LogP contribution is -2.41. The zero-order chi connectivity index (χ0) is 19.4. The summed E-state index contributed by atoms with van der Waals surface area (Å²) in [7, 11) is 0. The van der Waals surface area contributed by atoms with Crippen LogP contribution in [0.4, 0.5) is 10.1 Å². The maximum absolute atomic E-state index is 13.5. The Bertz CT molecular complexity index is 783. The summed E-state index contributed by atoms with van der Waals surface area (Å²) in [5.41, 5.74) is 2.05. The third kappa shape index (κ3) is 4.48. The molecule has 0 saturated carbocycles. The molecule has 0 unspecified atom stereocenters. The molecule has 2 aromatic carbocycles. The van der Waals surface area contributed by atoms with Crippen molar-refractivity contribution in [1.82, 2.24) is 5.32 Å². The van der Waals surface area contributed by atoms with Gasteiger partial charge in [-0.2, -0.15) is 0 Å². The van der Waals surface area contributed by atoms with Crippen molar-refractivity contribution >= 4 is 11.6 Å². The Kier molecular flexibility index (Phi) is 5.80. The van der Waals surface area contributed by atoms with E-state index in [2.05, 4.69) is 22.3 Å². The highest BCUT2D eigenvalue weighted by atomic mass is 19.1. The van der Waals surface area contributed by atoms with Crippen LogP contribution in [0.5, 0.6) is 0 Å². The van der Waals surface area contributed by atoms with Gasteiger partial charge in [0.1, 0.15) is 5.82 Å². The van der Waals surface area contributed by atoms with Gasteiger partial charge in [0, 0.05) is 18.8 Å². The van der Waals surface area contributed by atoms with Crippen LogP contribution in [0.25, 0.3) is 0 Å². The number of ether oxygens (including phenoxy) is 1. The molecule has 1 heterocycles. The fourth-order valence-electron chi connectivity index (χ4n) is 3.26. The lowest BCUT2D eigenvalue weighted by atomic mass is 9.83. The molecule has 0 spiro atoms. The molecular weight excluding hydrogens is 343 g/mol. The van der Waals surface area contributed by atoms with Gasteiger partial charge in [0.2, 0.25) is 5.91 Å². The number of amides is 1. The van der Waals surface area contributed by atoms with E-state index in [-0.39, 0.29) is 17.8 Å². The number of benzene rings is 2. The van der Waals surface area contributed by atoms with Crippen molar-refractivity contribution in [3.8, 4) is 0 Å². The van der Waals surface area contributed by atoms with Crippen LogP contribution in [-0.4, -0.2) is 32.2 Å². The maximum Gasteiger partial charge on any atom is 0.230 e. The van der Waals surface area contributed by atoms with E-state index in [0.29, 0.717) is 5.56 Å². The van der Waals surface area contributed by atoms with E-state index in [9.17, 15) is 9.18 Å². The first-order chi connectivity index (χ1) is 12.9. The third-order valence-corrected chi connectivity index (χ3v) is 5.23. The van der Waals surface area contributed by atoms with E-state index in [1.807, 2.05) is 32.9 Å². The number of carbonyl (C=O) groups is 1. The molecule has 0 aromatic heterocycles. The van der Waals surface area contributed by atoms with Gasteiger partial charge in [-0.3, -0.25) is 4.79 Å². The number of morpholine rings is 1. The highest BCUT2D eigenvalue weighted by molar-refractivity contribution is 5.87. The second-order valence-electron chi connectivity index (χ2n) is 7.52. The molecule has 1 aliphatic rings. The van der Waals surface area contributed by atoms with E-state index >= 15 is 0 Å². The van der Waals surface area contributed by atoms with Gasteiger partial charge >= 0.3 is 0 Å². The molecule has 1 N–H and O–H groups in total. The van der Waals surface area contributed by atoms with Crippen molar-refractivity contribution < 1.29 is 13.9 Å². The highest BCUT2D eigenvalue weighted by Crippen LogP contribution is 2.26. The van der Waals surface area contributed by atoms with E-state index in [1.165, 1.54) is 17.8 Å². The summed E-state index contributed by atoms with van der Waals surface area (Å²) in [5, 5.41) is 3.06. The van der Waals surface area contributed by atoms with Gasteiger partial charge in [0.15, 0.2) is 0 Å². The zero-order valence-corrected chi connectivity index (χ0v) is 16.2. The molecule has 1 saturated heterocycles. The van der Waals surface area contributed by atoms with E-state index in [0.717, 1.165) is 31.9 Å². The Morgan fingerprint density at radius 3 is 2.44 bits per heavy atom. The van der Waals surface area contributed by atoms with Gasteiger partial charge in [-0.25, -0.2) is 4.39 Å². The van der Waals surface area contributed by atoms with Crippen LogP contribution in [0.15, 0.2) is 48.5 Å². The van der Waals surface area contributed by atoms with Crippen LogP contribution in [0, 0.1) is 5.82 Å². The molecule has 4 nitrogen and oxygen atoms in total. The van der Waals surface area contributed by atoms with E-state index in [4.69, 9.17) is 4.74 Å². The van der Waals surface area contributed by atoms with Crippen molar-refractivity contribution in [2.75, 3.05) is 31.2 Å². The highest BCUT2D eigenvalue weighted by Gasteiger charge is 2.31. The Balaban J connectivity index is 1.67. The van der Waals surface area contributed by atoms with Crippen molar-refractivity contribution in [2.45, 2.75) is 32.2 Å². The minimum atomic E-state index is -0.815. The summed E-state index contributed by atoms with van der Waals surface area (Å²) in [4.78, 5) is 15.1. The first kappa shape index (κ1) is 19.4. The van der Waals surface area contributed by atoms with Crippen LogP contribution in [0.3, 0.4) is 0 Å². The van der Waals surface area contributed by atoms with Crippen molar-refractivity contribution in [3.63, 3.8) is 0 Å². The van der Waals surface area contributed by atoms with Gasteiger partial charge in [0.25, 0.3) is 0 Å². The average molecular weight is 370 g/mol. The summed E-state index contributed by atoms with van der Waals surface area (Å²) in [6.45, 7) is 8.88. The Morgan fingerprint density at radius 1 is 1.15 bits per heavy atom. The maximum atomic E-state index is 13.5. The second kappa shape index (κ2) is 8.09. The molecule has 1 atom stereocenters. The van der Waals surface area contributed by atoms with Crippen LogP contribution >= 0.6 is 0 Å². The van der Waals surface area contributed by atoms with Crippen LogP contribution < -0.4 is 10.2 Å². The lowest BCUT2D eigenvalue weighted by molar-refractivity contribution is -0.126. The number of rotatable bonds is 5. The van der Waals surface area contributed by atoms with Crippen molar-refractivity contribution in [2.24, 2.45) is 0 Å². The van der Waals surface area contributed by atoms with Gasteiger partial charge in [-0.1, -0.05) is 24.3 Å². The Labute approximate surface area is 160 Å². The molecule has 3 rings (SSSR count). The predicted molar refractivity (Wildman–Crippen MR) is 105 cm³/mol. The Hall–Kier alpha value is -2.40. The van der Waals surface area contributed by atoms with Crippen molar-refractivity contribution in [1.29, 1.82) is 0 Å². The summed E-state index contributed by atoms with van der Waals surface area (Å²) in [6.07, 6.45) is 0. The summed E-state index contributed by atoms with van der Waals surface area (Å²) >= 11 is 0. The topological polar surface area (TPSA) is 41.6 Å². The van der Waals surface area contributed by atoms with E-state index in [1.54, 1.807) is 12.1 Å². The smallest absolute Gasteiger partial charge is 0.230 e. The number of nitrogens with one attached hydrogen (secondary N) is 1. The second-order valence-corrected chi connectivity index (χ2v) is 7.52. The standard InChI is InChI=1S/C22H27FN2O2/c1-16(17-7-9-20(10-8-17)25-11-13-27-14-12-25)24-21(26)22(2,3)18-5-4-6-19(23)15-18/h4-10,15-16H,11-14H2,1-3H3,(H,24,26)/t16-/m1/s1. The van der Waals surface area contributed by atoms with Gasteiger partial charge < -0.3 is 15.0 Å². The molecule has 1 aliphatic heterocycles. The van der Waals surface area contributed by atoms with Crippen LogP contribution in [0.1, 0.15) is 37.9 Å². The van der Waals surface area contributed by atoms with Crippen LogP contribution in [-0.2, 0) is 14.9 Å². The average Bonchev–Trinajstić information content (AvgIpc) is 2.68. The first-order valence-electron chi connectivity index (χ1n) is 9.37. The van der Waals surface area contributed by atoms with Gasteiger partial charge in [-0.15, -0.1) is 0 Å². The predicted octanol–water partition coefficient (Wildman–Crippen LogP) is 3.82. The third-order valence-electron chi connectivity index (χ3n) is 5.23. The fourth-order valence-corrected chi connectivity index (χ4v) is 3.26. The summed E-state index contributed by atoms with van der Waals surface area (Å²) in [6, 6.07) is 14.3. The molecule has 144 valence electrons. The van der Waals surface area contributed by atoms with E-state index < -0.39 is 5.41 Å². The minimum Gasteiger partial charge on any atom is -0.378 e. The molecule has 1 fully saturated rings. The molecule has 0 bridgehead atoms. The normalized spacial score (nSPS) is 16.1. The monoisotopic (exact) mass is 370 g/mol. The van der Waals surface area contributed by atoms with Crippen LogP contribution in [0.2, 0.25) is 0 Å². The number of nitrogens with zero attached hydrogens (tertiary/aromatic N) is 1. The first-order valence-corrected chi connectivity index (χ1v) is 9.37. The summed E-state index contributed by atoms with van der Waals surface area (Å²) in [5.74, 6) is -0.460. The van der Waals surface area contributed by atoms with Gasteiger partial charge in [0.05, 0.1) is 24.7 Å². The molecule has 0 radical (unpaired) electrons. The minimum absolute atomic E-state index is 0.127. The fraction of sp³-hybridized carbons (Fsp3) is 0.409. The largest absolute Gasteiger partial charge is 0.378 e. The quantitative estimate of drug-likeness (QED) is 0.870. The molecule has 27 heavy (non-hydrogen) atoms. The number of anilines is 1. The number of carbonyl (C=O) groups excluding carboxylic acids is 1. The number of hydrogen-bond donors (Lipinski definition) is 1. The van der Waals surface area contributed by atoms with Gasteiger partial charge in [-0.05, 0) is 56.2 Å². The molecule has 2 aromatic rings. The van der Waals surface area contributed by atoms with Crippen molar-refractivity contribution in [3.05, 3.63) is 65.5 Å². The summed E-state index contributed by atoms with van der Waals surface area (Å²) < 4.78 is 18.9. The molecular formula is C22H27FN2O2. The molecule has 1 amide bonds. The molecule has 0 aliphatic carbocycles. The zero-order valence-electron chi connectivity index (χ0n) is 16.2.